The molecule has 2 N–H and O–H groups in total. The minimum atomic E-state index is -3.86. The molecule has 1 fully saturated rings. The molecule has 0 unspecified atom stereocenters. The molecular formula is C13H20N2O5S. The molecule has 1 aliphatic rings. The number of esters is 1. The molecule has 1 saturated carbocycles. The number of ether oxygens (including phenoxy) is 2. The summed E-state index contributed by atoms with van der Waals surface area (Å²) >= 11 is 0. The summed E-state index contributed by atoms with van der Waals surface area (Å²) in [6.45, 7) is 0.698. The van der Waals surface area contributed by atoms with Crippen LogP contribution in [-0.2, 0) is 26.0 Å². The van der Waals surface area contributed by atoms with Crippen molar-refractivity contribution in [2.75, 3.05) is 13.7 Å². The lowest BCUT2D eigenvalue weighted by molar-refractivity contribution is 0.0303. The standard InChI is InChI=1S/C13H20N2O5S/c1-19-7-6-15-9-11(21(14,17)18)8-12(15)13(16)20-10-4-2-3-5-10/h8-10H,2-7H2,1H3,(H2,14,17,18). The van der Waals surface area contributed by atoms with Crippen molar-refractivity contribution in [3.8, 4) is 0 Å². The van der Waals surface area contributed by atoms with Crippen LogP contribution in [0.2, 0.25) is 0 Å². The molecule has 0 aromatic carbocycles. The second-order valence-electron chi connectivity index (χ2n) is 5.10. The maximum Gasteiger partial charge on any atom is 0.355 e. The maximum absolute atomic E-state index is 12.2. The lowest BCUT2D eigenvalue weighted by Gasteiger charge is -2.12. The number of carbonyl (C=O) groups excluding carboxylic acids is 1. The number of nitrogens with two attached hydrogens (primary N) is 1. The van der Waals surface area contributed by atoms with Gasteiger partial charge in [0.15, 0.2) is 0 Å². The molecule has 0 aliphatic heterocycles. The zero-order valence-corrected chi connectivity index (χ0v) is 12.8. The monoisotopic (exact) mass is 316 g/mol. The van der Waals surface area contributed by atoms with Gasteiger partial charge in [-0.15, -0.1) is 0 Å². The van der Waals surface area contributed by atoms with Gasteiger partial charge < -0.3 is 14.0 Å². The van der Waals surface area contributed by atoms with Crippen molar-refractivity contribution in [3.63, 3.8) is 0 Å². The van der Waals surface area contributed by atoms with Gasteiger partial charge in [-0.2, -0.15) is 0 Å². The topological polar surface area (TPSA) is 101 Å². The molecule has 1 aliphatic carbocycles. The Morgan fingerprint density at radius 2 is 2.10 bits per heavy atom. The summed E-state index contributed by atoms with van der Waals surface area (Å²) in [5.41, 5.74) is 0.183. The van der Waals surface area contributed by atoms with E-state index < -0.39 is 16.0 Å². The largest absolute Gasteiger partial charge is 0.458 e. The molecule has 0 amide bonds. The average Bonchev–Trinajstić information content (AvgIpc) is 3.03. The number of hydrogen-bond acceptors (Lipinski definition) is 5. The van der Waals surface area contributed by atoms with Crippen LogP contribution in [0, 0.1) is 0 Å². The fourth-order valence-corrected chi connectivity index (χ4v) is 2.95. The van der Waals surface area contributed by atoms with Crippen LogP contribution >= 0.6 is 0 Å². The Labute approximate surface area is 124 Å². The zero-order valence-electron chi connectivity index (χ0n) is 11.9. The summed E-state index contributed by atoms with van der Waals surface area (Å²) < 4.78 is 34.7. The van der Waals surface area contributed by atoms with Gasteiger partial charge in [0, 0.05) is 19.9 Å². The number of carbonyl (C=O) groups is 1. The molecule has 1 heterocycles. The van der Waals surface area contributed by atoms with Crippen molar-refractivity contribution in [2.24, 2.45) is 5.14 Å². The van der Waals surface area contributed by atoms with E-state index in [1.807, 2.05) is 0 Å². The second-order valence-corrected chi connectivity index (χ2v) is 6.67. The molecule has 7 nitrogen and oxygen atoms in total. The Hall–Kier alpha value is -1.38. The van der Waals surface area contributed by atoms with Crippen molar-refractivity contribution in [1.82, 2.24) is 4.57 Å². The number of nitrogens with zero attached hydrogens (tertiary/aromatic N) is 1. The highest BCUT2D eigenvalue weighted by molar-refractivity contribution is 7.89. The van der Waals surface area contributed by atoms with E-state index in [2.05, 4.69) is 0 Å². The van der Waals surface area contributed by atoms with Crippen LogP contribution in [0.1, 0.15) is 36.2 Å². The van der Waals surface area contributed by atoms with Crippen LogP contribution in [0.15, 0.2) is 17.2 Å². The predicted octanol–water partition coefficient (Wildman–Crippen LogP) is 0.881. The summed E-state index contributed by atoms with van der Waals surface area (Å²) in [7, 11) is -2.33. The van der Waals surface area contributed by atoms with Crippen molar-refractivity contribution in [1.29, 1.82) is 0 Å². The molecule has 1 aromatic heterocycles. The van der Waals surface area contributed by atoms with Crippen LogP contribution in [-0.4, -0.2) is 38.8 Å². The molecule has 0 saturated heterocycles. The van der Waals surface area contributed by atoms with Gasteiger partial charge >= 0.3 is 5.97 Å². The van der Waals surface area contributed by atoms with Gasteiger partial charge in [-0.05, 0) is 31.7 Å². The van der Waals surface area contributed by atoms with Gasteiger partial charge in [-0.25, -0.2) is 18.4 Å². The fraction of sp³-hybridized carbons (Fsp3) is 0.615. The first kappa shape index (κ1) is 16.0. The molecule has 8 heteroatoms. The number of rotatable bonds is 6. The average molecular weight is 316 g/mol. The van der Waals surface area contributed by atoms with Crippen molar-refractivity contribution >= 4 is 16.0 Å². The van der Waals surface area contributed by atoms with Crippen molar-refractivity contribution in [2.45, 2.75) is 43.2 Å². The third-order valence-corrected chi connectivity index (χ3v) is 4.40. The molecule has 2 rings (SSSR count). The Balaban J connectivity index is 2.22. The summed E-state index contributed by atoms with van der Waals surface area (Å²) in [5.74, 6) is -0.520. The first-order valence-electron chi connectivity index (χ1n) is 6.84. The number of aromatic nitrogens is 1. The highest BCUT2D eigenvalue weighted by atomic mass is 32.2. The van der Waals surface area contributed by atoms with Crippen LogP contribution in [0.3, 0.4) is 0 Å². The second kappa shape index (κ2) is 6.59. The van der Waals surface area contributed by atoms with Gasteiger partial charge in [0.2, 0.25) is 10.0 Å². The van der Waals surface area contributed by atoms with Gasteiger partial charge in [0.1, 0.15) is 16.7 Å². The Morgan fingerprint density at radius 3 is 2.67 bits per heavy atom. The third-order valence-electron chi connectivity index (χ3n) is 3.52. The molecule has 0 bridgehead atoms. The molecule has 1 aromatic rings. The highest BCUT2D eigenvalue weighted by Gasteiger charge is 2.24. The molecule has 0 radical (unpaired) electrons. The summed E-state index contributed by atoms with van der Waals surface area (Å²) in [6, 6.07) is 1.25. The van der Waals surface area contributed by atoms with Gasteiger partial charge in [0.25, 0.3) is 0 Å². The number of primary sulfonamides is 1. The quantitative estimate of drug-likeness (QED) is 0.785. The van der Waals surface area contributed by atoms with Crippen LogP contribution in [0.5, 0.6) is 0 Å². The minimum absolute atomic E-state index is 0.0822. The summed E-state index contributed by atoms with van der Waals surface area (Å²) in [5, 5.41) is 5.11. The van der Waals surface area contributed by atoms with E-state index in [0.29, 0.717) is 13.2 Å². The van der Waals surface area contributed by atoms with E-state index in [1.54, 1.807) is 0 Å². The third kappa shape index (κ3) is 4.05. The molecule has 21 heavy (non-hydrogen) atoms. The maximum atomic E-state index is 12.2. The fourth-order valence-electron chi connectivity index (χ4n) is 2.40. The first-order valence-corrected chi connectivity index (χ1v) is 8.39. The smallest absolute Gasteiger partial charge is 0.355 e. The van der Waals surface area contributed by atoms with Crippen LogP contribution in [0.25, 0.3) is 0 Å². The van der Waals surface area contributed by atoms with Gasteiger partial charge in [-0.1, -0.05) is 0 Å². The van der Waals surface area contributed by atoms with Gasteiger partial charge in [-0.3, -0.25) is 0 Å². The first-order chi connectivity index (χ1) is 9.91. The zero-order chi connectivity index (χ0) is 15.5. The van der Waals surface area contributed by atoms with Crippen LogP contribution < -0.4 is 5.14 Å². The molecular weight excluding hydrogens is 296 g/mol. The molecule has 0 spiro atoms. The summed E-state index contributed by atoms with van der Waals surface area (Å²) in [6.07, 6.45) is 5.05. The number of methoxy groups -OCH3 is 1. The number of sulfonamides is 1. The Bertz CT molecular complexity index is 602. The van der Waals surface area contributed by atoms with E-state index in [-0.39, 0.29) is 16.7 Å². The van der Waals surface area contributed by atoms with E-state index in [1.165, 1.54) is 23.9 Å². The Kier molecular flexibility index (Phi) is 5.02. The molecule has 0 atom stereocenters. The van der Waals surface area contributed by atoms with Crippen molar-refractivity contribution < 1.29 is 22.7 Å². The highest BCUT2D eigenvalue weighted by Crippen LogP contribution is 2.23. The SMILES string of the molecule is COCCn1cc(S(N)(=O)=O)cc1C(=O)OC1CCCC1. The number of hydrogen-bond donors (Lipinski definition) is 1. The predicted molar refractivity (Wildman–Crippen MR) is 75.4 cm³/mol. The summed E-state index contributed by atoms with van der Waals surface area (Å²) in [4.78, 5) is 12.1. The normalized spacial score (nSPS) is 16.3. The Morgan fingerprint density at radius 1 is 1.43 bits per heavy atom. The van der Waals surface area contributed by atoms with Gasteiger partial charge in [0.05, 0.1) is 6.61 Å². The lowest BCUT2D eigenvalue weighted by Crippen LogP contribution is -2.18. The van der Waals surface area contributed by atoms with E-state index in [4.69, 9.17) is 14.6 Å². The molecule has 118 valence electrons. The van der Waals surface area contributed by atoms with Crippen LogP contribution in [0.4, 0.5) is 0 Å². The lowest BCUT2D eigenvalue weighted by atomic mass is 10.3. The minimum Gasteiger partial charge on any atom is -0.458 e. The van der Waals surface area contributed by atoms with E-state index in [9.17, 15) is 13.2 Å². The van der Waals surface area contributed by atoms with E-state index in [0.717, 1.165) is 25.7 Å². The van der Waals surface area contributed by atoms with Crippen molar-refractivity contribution in [3.05, 3.63) is 18.0 Å². The van der Waals surface area contributed by atoms with E-state index >= 15 is 0 Å².